The zero-order chi connectivity index (χ0) is 15.8. The number of aromatic nitrogens is 2. The van der Waals surface area contributed by atoms with Gasteiger partial charge in [-0.1, -0.05) is 25.1 Å². The van der Waals surface area contributed by atoms with Crippen molar-refractivity contribution < 1.29 is 9.59 Å². The molecule has 0 aliphatic rings. The lowest BCUT2D eigenvalue weighted by Crippen LogP contribution is -2.42. The number of amides is 3. The Labute approximate surface area is 127 Å². The van der Waals surface area contributed by atoms with E-state index in [-0.39, 0.29) is 5.56 Å². The summed E-state index contributed by atoms with van der Waals surface area (Å²) in [5.74, 6) is -0.436. The van der Waals surface area contributed by atoms with Crippen molar-refractivity contribution in [3.8, 4) is 0 Å². The van der Waals surface area contributed by atoms with E-state index in [1.807, 2.05) is 6.92 Å². The number of thioether (sulfide) groups is 1. The molecule has 0 saturated carbocycles. The van der Waals surface area contributed by atoms with Crippen LogP contribution in [0.15, 0.2) is 16.0 Å². The molecule has 0 bridgehead atoms. The normalized spacial score (nSPS) is 11.8. The molecule has 1 atom stereocenters. The number of nitrogens with zero attached hydrogens (tertiary/aromatic N) is 1. The van der Waals surface area contributed by atoms with Crippen LogP contribution in [0.3, 0.4) is 0 Å². The van der Waals surface area contributed by atoms with Crippen LogP contribution < -0.4 is 16.2 Å². The topological polar surface area (TPSA) is 104 Å². The standard InChI is InChI=1S/C13H20N4O3S/c1-4-6-9-7-10(18)16-13(15-9)21-8(3)11(19)17-12(20)14-5-2/h7-8H,4-6H2,1-3H3,(H,15,16,18)(H2,14,17,19,20)/t8-/m1/s1. The van der Waals surface area contributed by atoms with Gasteiger partial charge in [0.05, 0.1) is 5.25 Å². The molecule has 0 aliphatic heterocycles. The van der Waals surface area contributed by atoms with Crippen LogP contribution in [0.2, 0.25) is 0 Å². The van der Waals surface area contributed by atoms with Crippen LogP contribution in [0, 0.1) is 0 Å². The van der Waals surface area contributed by atoms with E-state index in [1.54, 1.807) is 13.8 Å². The molecule has 3 N–H and O–H groups in total. The molecule has 3 amide bonds. The first kappa shape index (κ1) is 17.2. The van der Waals surface area contributed by atoms with Crippen LogP contribution in [-0.2, 0) is 11.2 Å². The molecule has 1 rings (SSSR count). The Balaban J connectivity index is 2.69. The Morgan fingerprint density at radius 2 is 2.14 bits per heavy atom. The smallest absolute Gasteiger partial charge is 0.321 e. The average molecular weight is 312 g/mol. The third kappa shape index (κ3) is 5.99. The molecule has 0 aromatic carbocycles. The number of carbonyl (C=O) groups is 2. The van der Waals surface area contributed by atoms with Crippen molar-refractivity contribution in [2.24, 2.45) is 0 Å². The zero-order valence-corrected chi connectivity index (χ0v) is 13.2. The van der Waals surface area contributed by atoms with Gasteiger partial charge in [0.2, 0.25) is 5.91 Å². The fourth-order valence-corrected chi connectivity index (χ4v) is 2.39. The van der Waals surface area contributed by atoms with E-state index in [4.69, 9.17) is 0 Å². The minimum Gasteiger partial charge on any atom is -0.338 e. The van der Waals surface area contributed by atoms with Gasteiger partial charge >= 0.3 is 6.03 Å². The number of aromatic amines is 1. The van der Waals surface area contributed by atoms with Crippen LogP contribution in [0.25, 0.3) is 0 Å². The molecular weight excluding hydrogens is 292 g/mol. The highest BCUT2D eigenvalue weighted by atomic mass is 32.2. The molecule has 0 radical (unpaired) electrons. The first-order valence-electron chi connectivity index (χ1n) is 6.81. The second-order valence-electron chi connectivity index (χ2n) is 4.40. The van der Waals surface area contributed by atoms with Crippen LogP contribution in [0.1, 0.15) is 32.9 Å². The van der Waals surface area contributed by atoms with E-state index in [1.165, 1.54) is 6.07 Å². The molecule has 0 aliphatic carbocycles. The van der Waals surface area contributed by atoms with Gasteiger partial charge in [0.1, 0.15) is 0 Å². The fraction of sp³-hybridized carbons (Fsp3) is 0.538. The highest BCUT2D eigenvalue weighted by molar-refractivity contribution is 8.00. The van der Waals surface area contributed by atoms with E-state index in [0.29, 0.717) is 23.8 Å². The van der Waals surface area contributed by atoms with Gasteiger partial charge in [-0.15, -0.1) is 0 Å². The molecule has 21 heavy (non-hydrogen) atoms. The molecule has 7 nitrogen and oxygen atoms in total. The fourth-order valence-electron chi connectivity index (χ4n) is 1.56. The van der Waals surface area contributed by atoms with Crippen molar-refractivity contribution in [1.29, 1.82) is 0 Å². The Morgan fingerprint density at radius 3 is 2.76 bits per heavy atom. The summed E-state index contributed by atoms with van der Waals surface area (Å²) in [4.78, 5) is 41.5. The third-order valence-corrected chi connectivity index (χ3v) is 3.50. The van der Waals surface area contributed by atoms with Gasteiger partial charge in [0.25, 0.3) is 5.56 Å². The molecule has 0 unspecified atom stereocenters. The van der Waals surface area contributed by atoms with E-state index in [2.05, 4.69) is 20.6 Å². The van der Waals surface area contributed by atoms with Crippen molar-refractivity contribution in [2.45, 2.75) is 44.0 Å². The summed E-state index contributed by atoms with van der Waals surface area (Å²) in [6.45, 7) is 5.84. The summed E-state index contributed by atoms with van der Waals surface area (Å²) in [5.41, 5.74) is 0.451. The maximum Gasteiger partial charge on any atom is 0.321 e. The first-order valence-corrected chi connectivity index (χ1v) is 7.69. The summed E-state index contributed by atoms with van der Waals surface area (Å²) < 4.78 is 0. The van der Waals surface area contributed by atoms with E-state index in [9.17, 15) is 14.4 Å². The van der Waals surface area contributed by atoms with Crippen molar-refractivity contribution in [3.05, 3.63) is 22.1 Å². The lowest BCUT2D eigenvalue weighted by molar-refractivity contribution is -0.119. The number of H-pyrrole nitrogens is 1. The number of hydrogen-bond donors (Lipinski definition) is 3. The number of carbonyl (C=O) groups excluding carboxylic acids is 2. The summed E-state index contributed by atoms with van der Waals surface area (Å²) >= 11 is 1.11. The number of rotatable bonds is 6. The van der Waals surface area contributed by atoms with Gasteiger partial charge in [-0.2, -0.15) is 0 Å². The maximum absolute atomic E-state index is 11.8. The number of nitrogens with one attached hydrogen (secondary N) is 3. The van der Waals surface area contributed by atoms with Crippen molar-refractivity contribution in [3.63, 3.8) is 0 Å². The molecule has 1 aromatic rings. The third-order valence-electron chi connectivity index (χ3n) is 2.51. The Hall–Kier alpha value is -1.83. The van der Waals surface area contributed by atoms with Crippen LogP contribution in [0.5, 0.6) is 0 Å². The molecule has 1 aromatic heterocycles. The number of hydrogen-bond acceptors (Lipinski definition) is 5. The average Bonchev–Trinajstić information content (AvgIpc) is 2.38. The lowest BCUT2D eigenvalue weighted by atomic mass is 10.2. The van der Waals surface area contributed by atoms with E-state index in [0.717, 1.165) is 18.2 Å². The summed E-state index contributed by atoms with van der Waals surface area (Å²) in [5, 5.41) is 4.53. The van der Waals surface area contributed by atoms with Gasteiger partial charge < -0.3 is 10.3 Å². The van der Waals surface area contributed by atoms with Gasteiger partial charge in [-0.25, -0.2) is 9.78 Å². The van der Waals surface area contributed by atoms with Gasteiger partial charge in [0.15, 0.2) is 5.16 Å². The predicted octanol–water partition coefficient (Wildman–Crippen LogP) is 1.05. The first-order chi connectivity index (χ1) is 9.96. The van der Waals surface area contributed by atoms with Crippen LogP contribution in [0.4, 0.5) is 4.79 Å². The van der Waals surface area contributed by atoms with Crippen molar-refractivity contribution in [1.82, 2.24) is 20.6 Å². The molecule has 0 fully saturated rings. The minimum atomic E-state index is -0.548. The summed E-state index contributed by atoms with van der Waals surface area (Å²) in [6.07, 6.45) is 1.59. The van der Waals surface area contributed by atoms with Gasteiger partial charge in [-0.3, -0.25) is 14.9 Å². The second kappa shape index (κ2) is 8.46. The van der Waals surface area contributed by atoms with E-state index >= 15 is 0 Å². The number of imide groups is 1. The number of aryl methyl sites for hydroxylation is 1. The molecule has 1 heterocycles. The molecule has 8 heteroatoms. The van der Waals surface area contributed by atoms with E-state index < -0.39 is 17.2 Å². The maximum atomic E-state index is 11.8. The SMILES string of the molecule is CCCc1cc(=O)[nH]c(S[C@H](C)C(=O)NC(=O)NCC)n1. The molecule has 0 spiro atoms. The lowest BCUT2D eigenvalue weighted by Gasteiger charge is -2.11. The zero-order valence-electron chi connectivity index (χ0n) is 12.4. The van der Waals surface area contributed by atoms with Gasteiger partial charge in [0, 0.05) is 18.3 Å². The Morgan fingerprint density at radius 1 is 1.43 bits per heavy atom. The second-order valence-corrected chi connectivity index (χ2v) is 5.73. The summed E-state index contributed by atoms with van der Waals surface area (Å²) in [6, 6.07) is 0.920. The minimum absolute atomic E-state index is 0.243. The quantitative estimate of drug-likeness (QED) is 0.538. The largest absolute Gasteiger partial charge is 0.338 e. The molecule has 116 valence electrons. The predicted molar refractivity (Wildman–Crippen MR) is 81.4 cm³/mol. The number of urea groups is 1. The molecular formula is C13H20N4O3S. The van der Waals surface area contributed by atoms with Crippen molar-refractivity contribution >= 4 is 23.7 Å². The van der Waals surface area contributed by atoms with Crippen LogP contribution >= 0.6 is 11.8 Å². The van der Waals surface area contributed by atoms with Gasteiger partial charge in [-0.05, 0) is 20.3 Å². The monoisotopic (exact) mass is 312 g/mol. The highest BCUT2D eigenvalue weighted by Crippen LogP contribution is 2.18. The van der Waals surface area contributed by atoms with Crippen LogP contribution in [-0.4, -0.2) is 33.7 Å². The Bertz CT molecular complexity index is 559. The molecule has 0 saturated heterocycles. The highest BCUT2D eigenvalue weighted by Gasteiger charge is 2.18. The summed E-state index contributed by atoms with van der Waals surface area (Å²) in [7, 11) is 0. The Kier molecular flexibility index (Phi) is 6.93. The van der Waals surface area contributed by atoms with Crippen molar-refractivity contribution in [2.75, 3.05) is 6.54 Å².